The van der Waals surface area contributed by atoms with E-state index < -0.39 is 17.4 Å². The molecule has 0 aromatic heterocycles. The van der Waals surface area contributed by atoms with E-state index in [1.807, 2.05) is 6.07 Å². The summed E-state index contributed by atoms with van der Waals surface area (Å²) in [4.78, 5) is 11.9. The van der Waals surface area contributed by atoms with E-state index in [0.29, 0.717) is 5.56 Å². The van der Waals surface area contributed by atoms with Crippen molar-refractivity contribution in [2.24, 2.45) is 0 Å². The van der Waals surface area contributed by atoms with Crippen LogP contribution >= 0.6 is 27.5 Å². The van der Waals surface area contributed by atoms with Gasteiger partial charge in [0.1, 0.15) is 11.6 Å². The standard InChI is InChI=1S/C14H8BrClF2O/c15-9-3-1-2-8(4-9)5-14(19)10-6-13(18)11(16)7-12(10)17/h1-4,6-7H,5H2. The van der Waals surface area contributed by atoms with Gasteiger partial charge in [-0.05, 0) is 29.8 Å². The van der Waals surface area contributed by atoms with Gasteiger partial charge in [0.2, 0.25) is 0 Å². The molecule has 0 bridgehead atoms. The van der Waals surface area contributed by atoms with Crippen LogP contribution in [0, 0.1) is 11.6 Å². The van der Waals surface area contributed by atoms with Gasteiger partial charge in [-0.25, -0.2) is 8.78 Å². The zero-order valence-electron chi connectivity index (χ0n) is 9.59. The molecular weight excluding hydrogens is 338 g/mol. The van der Waals surface area contributed by atoms with Crippen molar-refractivity contribution in [3.05, 3.63) is 68.7 Å². The Hall–Kier alpha value is -1.26. The molecule has 5 heteroatoms. The monoisotopic (exact) mass is 344 g/mol. The number of carbonyl (C=O) groups is 1. The van der Waals surface area contributed by atoms with Gasteiger partial charge in [0.25, 0.3) is 0 Å². The maximum atomic E-state index is 13.6. The van der Waals surface area contributed by atoms with Crippen LogP contribution in [0.1, 0.15) is 15.9 Å². The highest BCUT2D eigenvalue weighted by molar-refractivity contribution is 9.10. The molecule has 19 heavy (non-hydrogen) atoms. The van der Waals surface area contributed by atoms with Gasteiger partial charge in [-0.2, -0.15) is 0 Å². The molecule has 0 heterocycles. The SMILES string of the molecule is O=C(Cc1cccc(Br)c1)c1cc(F)c(Cl)cc1F. The van der Waals surface area contributed by atoms with Crippen LogP contribution in [0.3, 0.4) is 0 Å². The Labute approximate surface area is 122 Å². The molecule has 0 fully saturated rings. The van der Waals surface area contributed by atoms with Crippen LogP contribution in [0.5, 0.6) is 0 Å². The Morgan fingerprint density at radius 3 is 2.58 bits per heavy atom. The molecular formula is C14H8BrClF2O. The van der Waals surface area contributed by atoms with Crippen molar-refractivity contribution in [3.63, 3.8) is 0 Å². The zero-order chi connectivity index (χ0) is 14.0. The summed E-state index contributed by atoms with van der Waals surface area (Å²) in [6, 6.07) is 8.72. The van der Waals surface area contributed by atoms with Crippen molar-refractivity contribution in [2.75, 3.05) is 0 Å². The Kier molecular flexibility index (Phi) is 4.32. The summed E-state index contributed by atoms with van der Waals surface area (Å²) in [6.07, 6.45) is -0.00255. The van der Waals surface area contributed by atoms with Gasteiger partial charge in [-0.15, -0.1) is 0 Å². The van der Waals surface area contributed by atoms with Gasteiger partial charge in [0, 0.05) is 10.9 Å². The first-order chi connectivity index (χ1) is 8.97. The third-order valence-electron chi connectivity index (χ3n) is 2.56. The van der Waals surface area contributed by atoms with Crippen molar-refractivity contribution in [1.82, 2.24) is 0 Å². The lowest BCUT2D eigenvalue weighted by atomic mass is 10.0. The summed E-state index contributed by atoms with van der Waals surface area (Å²) in [5, 5.41) is -0.337. The number of Topliss-reactive ketones (excluding diaryl/α,β-unsaturated/α-hetero) is 1. The lowest BCUT2D eigenvalue weighted by Gasteiger charge is -2.05. The van der Waals surface area contributed by atoms with Crippen LogP contribution in [-0.2, 0) is 6.42 Å². The fourth-order valence-corrected chi connectivity index (χ4v) is 2.26. The van der Waals surface area contributed by atoms with Gasteiger partial charge in [-0.3, -0.25) is 4.79 Å². The molecule has 0 unspecified atom stereocenters. The van der Waals surface area contributed by atoms with Crippen molar-refractivity contribution >= 4 is 33.3 Å². The van der Waals surface area contributed by atoms with Crippen LogP contribution in [-0.4, -0.2) is 5.78 Å². The number of halogens is 4. The Morgan fingerprint density at radius 1 is 1.16 bits per heavy atom. The van der Waals surface area contributed by atoms with Crippen LogP contribution in [0.4, 0.5) is 8.78 Å². The Morgan fingerprint density at radius 2 is 1.89 bits per heavy atom. The maximum Gasteiger partial charge on any atom is 0.170 e. The molecule has 1 nitrogen and oxygen atoms in total. The third-order valence-corrected chi connectivity index (χ3v) is 3.35. The fraction of sp³-hybridized carbons (Fsp3) is 0.0714. The van der Waals surface area contributed by atoms with Crippen LogP contribution in [0.25, 0.3) is 0 Å². The van der Waals surface area contributed by atoms with E-state index in [1.54, 1.807) is 18.2 Å². The molecule has 0 aliphatic carbocycles. The smallest absolute Gasteiger partial charge is 0.170 e. The number of rotatable bonds is 3. The number of hydrogen-bond donors (Lipinski definition) is 0. The van der Waals surface area contributed by atoms with Crippen molar-refractivity contribution < 1.29 is 13.6 Å². The second-order valence-electron chi connectivity index (χ2n) is 3.98. The van der Waals surface area contributed by atoms with E-state index in [9.17, 15) is 13.6 Å². The van der Waals surface area contributed by atoms with Crippen molar-refractivity contribution in [3.8, 4) is 0 Å². The molecule has 0 spiro atoms. The molecule has 0 saturated heterocycles. The van der Waals surface area contributed by atoms with E-state index in [0.717, 1.165) is 16.6 Å². The predicted octanol–water partition coefficient (Wildman–Crippen LogP) is 4.81. The summed E-state index contributed by atoms with van der Waals surface area (Å²) >= 11 is 8.72. The molecule has 0 aliphatic heterocycles. The second kappa shape index (κ2) is 5.80. The van der Waals surface area contributed by atoms with Gasteiger partial charge in [0.15, 0.2) is 5.78 Å². The quantitative estimate of drug-likeness (QED) is 0.576. The van der Waals surface area contributed by atoms with Crippen LogP contribution < -0.4 is 0 Å². The first-order valence-corrected chi connectivity index (χ1v) is 6.56. The molecule has 0 aliphatic rings. The number of hydrogen-bond acceptors (Lipinski definition) is 1. The number of carbonyl (C=O) groups excluding carboxylic acids is 1. The molecule has 2 aromatic carbocycles. The summed E-state index contributed by atoms with van der Waals surface area (Å²) in [5.41, 5.74) is 0.427. The summed E-state index contributed by atoms with van der Waals surface area (Å²) in [5.74, 6) is -2.11. The summed E-state index contributed by atoms with van der Waals surface area (Å²) in [6.45, 7) is 0. The summed E-state index contributed by atoms with van der Waals surface area (Å²) in [7, 11) is 0. The molecule has 0 radical (unpaired) electrons. The molecule has 2 rings (SSSR count). The maximum absolute atomic E-state index is 13.6. The Balaban J connectivity index is 2.28. The highest BCUT2D eigenvalue weighted by atomic mass is 79.9. The Bertz CT molecular complexity index is 643. The van der Waals surface area contributed by atoms with Crippen LogP contribution in [0.2, 0.25) is 5.02 Å². The topological polar surface area (TPSA) is 17.1 Å². The molecule has 0 saturated carbocycles. The minimum absolute atomic E-state index is 0.00255. The van der Waals surface area contributed by atoms with Gasteiger partial charge >= 0.3 is 0 Å². The first kappa shape index (κ1) is 14.2. The largest absolute Gasteiger partial charge is 0.294 e. The normalized spacial score (nSPS) is 10.5. The van der Waals surface area contributed by atoms with E-state index in [2.05, 4.69) is 15.9 Å². The van der Waals surface area contributed by atoms with Gasteiger partial charge in [-0.1, -0.05) is 39.7 Å². The van der Waals surface area contributed by atoms with Gasteiger partial charge < -0.3 is 0 Å². The molecule has 98 valence electrons. The van der Waals surface area contributed by atoms with Crippen molar-refractivity contribution in [1.29, 1.82) is 0 Å². The van der Waals surface area contributed by atoms with E-state index in [4.69, 9.17) is 11.6 Å². The highest BCUT2D eigenvalue weighted by Crippen LogP contribution is 2.21. The number of ketones is 1. The average Bonchev–Trinajstić information content (AvgIpc) is 2.33. The lowest BCUT2D eigenvalue weighted by Crippen LogP contribution is -2.07. The molecule has 0 atom stereocenters. The van der Waals surface area contributed by atoms with E-state index in [-0.39, 0.29) is 17.0 Å². The number of benzene rings is 2. The lowest BCUT2D eigenvalue weighted by molar-refractivity contribution is 0.0988. The average molecular weight is 346 g/mol. The van der Waals surface area contributed by atoms with E-state index >= 15 is 0 Å². The van der Waals surface area contributed by atoms with Crippen molar-refractivity contribution in [2.45, 2.75) is 6.42 Å². The van der Waals surface area contributed by atoms with E-state index in [1.165, 1.54) is 0 Å². The first-order valence-electron chi connectivity index (χ1n) is 5.39. The fourth-order valence-electron chi connectivity index (χ4n) is 1.66. The molecule has 0 N–H and O–H groups in total. The molecule has 2 aromatic rings. The second-order valence-corrected chi connectivity index (χ2v) is 5.30. The summed E-state index contributed by atoms with van der Waals surface area (Å²) < 4.78 is 27.7. The third kappa shape index (κ3) is 3.39. The zero-order valence-corrected chi connectivity index (χ0v) is 11.9. The predicted molar refractivity (Wildman–Crippen MR) is 73.5 cm³/mol. The minimum Gasteiger partial charge on any atom is -0.294 e. The highest BCUT2D eigenvalue weighted by Gasteiger charge is 2.15. The minimum atomic E-state index is -0.814. The molecule has 0 amide bonds. The van der Waals surface area contributed by atoms with Crippen LogP contribution in [0.15, 0.2) is 40.9 Å². The van der Waals surface area contributed by atoms with Gasteiger partial charge in [0.05, 0.1) is 10.6 Å².